The van der Waals surface area contributed by atoms with Gasteiger partial charge in [-0.1, -0.05) is 29.8 Å². The first-order valence-electron chi connectivity index (χ1n) is 8.01. The molecule has 5 nitrogen and oxygen atoms in total. The van der Waals surface area contributed by atoms with Crippen LogP contribution in [0.5, 0.6) is 0 Å². The molecule has 2 amide bonds. The summed E-state index contributed by atoms with van der Waals surface area (Å²) >= 11 is 0. The highest BCUT2D eigenvalue weighted by atomic mass is 16.3. The maximum atomic E-state index is 12.3. The normalized spacial score (nSPS) is 10.0. The SMILES string of the molecule is CC(C)=CC(=O)NCc1ccc(C(=O)Nc2cccc(CO)c2)cc1. The van der Waals surface area contributed by atoms with Crippen LogP contribution in [0.1, 0.15) is 35.3 Å². The monoisotopic (exact) mass is 338 g/mol. The van der Waals surface area contributed by atoms with E-state index in [1.165, 1.54) is 0 Å². The van der Waals surface area contributed by atoms with Gasteiger partial charge in [0, 0.05) is 23.9 Å². The number of aliphatic hydroxyl groups excluding tert-OH is 1. The van der Waals surface area contributed by atoms with Gasteiger partial charge in [0.1, 0.15) is 0 Å². The Morgan fingerprint density at radius 1 is 1.04 bits per heavy atom. The minimum Gasteiger partial charge on any atom is -0.392 e. The highest BCUT2D eigenvalue weighted by molar-refractivity contribution is 6.04. The lowest BCUT2D eigenvalue weighted by Crippen LogP contribution is -2.20. The van der Waals surface area contributed by atoms with Crippen molar-refractivity contribution in [3.05, 3.63) is 76.9 Å². The second kappa shape index (κ2) is 8.80. The smallest absolute Gasteiger partial charge is 0.255 e. The highest BCUT2D eigenvalue weighted by Crippen LogP contribution is 2.13. The molecule has 130 valence electrons. The summed E-state index contributed by atoms with van der Waals surface area (Å²) < 4.78 is 0. The van der Waals surface area contributed by atoms with Crippen molar-refractivity contribution < 1.29 is 14.7 Å². The Labute approximate surface area is 147 Å². The van der Waals surface area contributed by atoms with Crippen LogP contribution in [0.3, 0.4) is 0 Å². The van der Waals surface area contributed by atoms with Crippen LogP contribution < -0.4 is 10.6 Å². The Bertz CT molecular complexity index is 776. The largest absolute Gasteiger partial charge is 0.392 e. The molecule has 0 saturated heterocycles. The molecule has 0 bridgehead atoms. The van der Waals surface area contributed by atoms with Crippen LogP contribution in [-0.2, 0) is 17.9 Å². The van der Waals surface area contributed by atoms with Crippen molar-refractivity contribution in [1.29, 1.82) is 0 Å². The molecule has 2 aromatic rings. The molecule has 3 N–H and O–H groups in total. The fourth-order valence-corrected chi connectivity index (χ4v) is 2.23. The average Bonchev–Trinajstić information content (AvgIpc) is 2.60. The zero-order chi connectivity index (χ0) is 18.2. The number of hydrogen-bond donors (Lipinski definition) is 3. The molecule has 0 radical (unpaired) electrons. The Morgan fingerprint density at radius 2 is 1.76 bits per heavy atom. The summed E-state index contributed by atoms with van der Waals surface area (Å²) in [7, 11) is 0. The molecule has 0 aliphatic carbocycles. The van der Waals surface area contributed by atoms with Gasteiger partial charge in [-0.25, -0.2) is 0 Å². The van der Waals surface area contributed by atoms with E-state index in [0.717, 1.165) is 16.7 Å². The average molecular weight is 338 g/mol. The number of carbonyl (C=O) groups is 2. The van der Waals surface area contributed by atoms with E-state index in [2.05, 4.69) is 10.6 Å². The van der Waals surface area contributed by atoms with Gasteiger partial charge in [-0.3, -0.25) is 9.59 Å². The van der Waals surface area contributed by atoms with Gasteiger partial charge in [0.05, 0.1) is 6.61 Å². The minimum atomic E-state index is -0.227. The van der Waals surface area contributed by atoms with Crippen LogP contribution in [0.15, 0.2) is 60.2 Å². The summed E-state index contributed by atoms with van der Waals surface area (Å²) in [6.07, 6.45) is 1.54. The van der Waals surface area contributed by atoms with Crippen LogP contribution in [0.4, 0.5) is 5.69 Å². The van der Waals surface area contributed by atoms with Crippen molar-refractivity contribution in [3.63, 3.8) is 0 Å². The van der Waals surface area contributed by atoms with E-state index in [0.29, 0.717) is 17.8 Å². The van der Waals surface area contributed by atoms with E-state index in [4.69, 9.17) is 5.11 Å². The van der Waals surface area contributed by atoms with E-state index < -0.39 is 0 Å². The van der Waals surface area contributed by atoms with E-state index in [9.17, 15) is 9.59 Å². The molecule has 0 atom stereocenters. The van der Waals surface area contributed by atoms with Crippen LogP contribution in [0, 0.1) is 0 Å². The lowest BCUT2D eigenvalue weighted by molar-refractivity contribution is -0.116. The topological polar surface area (TPSA) is 78.4 Å². The van der Waals surface area contributed by atoms with Gasteiger partial charge in [-0.15, -0.1) is 0 Å². The zero-order valence-electron chi connectivity index (χ0n) is 14.4. The summed E-state index contributed by atoms with van der Waals surface area (Å²) in [5.41, 5.74) is 3.74. The van der Waals surface area contributed by atoms with Gasteiger partial charge in [-0.05, 0) is 49.2 Å². The Hall–Kier alpha value is -2.92. The first-order chi connectivity index (χ1) is 12.0. The molecule has 0 aliphatic rings. The Kier molecular flexibility index (Phi) is 6.48. The predicted molar refractivity (Wildman–Crippen MR) is 98.0 cm³/mol. The quantitative estimate of drug-likeness (QED) is 0.709. The molecule has 5 heteroatoms. The van der Waals surface area contributed by atoms with Gasteiger partial charge < -0.3 is 15.7 Å². The highest BCUT2D eigenvalue weighted by Gasteiger charge is 2.07. The Balaban J connectivity index is 1.95. The van der Waals surface area contributed by atoms with E-state index in [1.54, 1.807) is 42.5 Å². The van der Waals surface area contributed by atoms with Crippen molar-refractivity contribution in [2.75, 3.05) is 5.32 Å². The number of nitrogens with one attached hydrogen (secondary N) is 2. The van der Waals surface area contributed by atoms with Crippen molar-refractivity contribution in [2.45, 2.75) is 27.0 Å². The molecule has 0 heterocycles. The summed E-state index contributed by atoms with van der Waals surface area (Å²) in [4.78, 5) is 23.8. The molecule has 0 fully saturated rings. The molecule has 0 spiro atoms. The maximum Gasteiger partial charge on any atom is 0.255 e. The lowest BCUT2D eigenvalue weighted by Gasteiger charge is -2.08. The van der Waals surface area contributed by atoms with Crippen molar-refractivity contribution >= 4 is 17.5 Å². The maximum absolute atomic E-state index is 12.3. The third-order valence-electron chi connectivity index (χ3n) is 3.47. The first-order valence-corrected chi connectivity index (χ1v) is 8.01. The molecular formula is C20H22N2O3. The minimum absolute atomic E-state index is 0.0725. The second-order valence-electron chi connectivity index (χ2n) is 5.95. The Morgan fingerprint density at radius 3 is 2.40 bits per heavy atom. The van der Waals surface area contributed by atoms with Gasteiger partial charge in [0.2, 0.25) is 5.91 Å². The summed E-state index contributed by atoms with van der Waals surface area (Å²) in [6, 6.07) is 14.1. The molecule has 0 saturated carbocycles. The summed E-state index contributed by atoms with van der Waals surface area (Å²) in [5, 5.41) is 14.7. The fraction of sp³-hybridized carbons (Fsp3) is 0.200. The second-order valence-corrected chi connectivity index (χ2v) is 5.95. The number of amides is 2. The van der Waals surface area contributed by atoms with Crippen molar-refractivity contribution in [1.82, 2.24) is 5.32 Å². The van der Waals surface area contributed by atoms with Crippen LogP contribution >= 0.6 is 0 Å². The molecule has 0 aromatic heterocycles. The number of rotatable bonds is 6. The standard InChI is InChI=1S/C20H22N2O3/c1-14(2)10-19(24)21-12-15-6-8-17(9-7-15)20(25)22-18-5-3-4-16(11-18)13-23/h3-11,23H,12-13H2,1-2H3,(H,21,24)(H,22,25). The molecule has 2 rings (SSSR count). The van der Waals surface area contributed by atoms with Gasteiger partial charge in [0.25, 0.3) is 5.91 Å². The molecular weight excluding hydrogens is 316 g/mol. The number of allylic oxidation sites excluding steroid dienone is 1. The van der Waals surface area contributed by atoms with Gasteiger partial charge in [0.15, 0.2) is 0 Å². The van der Waals surface area contributed by atoms with Crippen molar-refractivity contribution in [3.8, 4) is 0 Å². The number of benzene rings is 2. The number of hydrogen-bond acceptors (Lipinski definition) is 3. The van der Waals surface area contributed by atoms with Crippen molar-refractivity contribution in [2.24, 2.45) is 0 Å². The summed E-state index contributed by atoms with van der Waals surface area (Å²) in [5.74, 6) is -0.360. The predicted octanol–water partition coefficient (Wildman–Crippen LogP) is 3.01. The molecule has 0 unspecified atom stereocenters. The van der Waals surface area contributed by atoms with Crippen LogP contribution in [-0.4, -0.2) is 16.9 Å². The third kappa shape index (κ3) is 5.90. The third-order valence-corrected chi connectivity index (χ3v) is 3.47. The molecule has 0 aliphatic heterocycles. The lowest BCUT2D eigenvalue weighted by atomic mass is 10.1. The van der Waals surface area contributed by atoms with E-state index in [1.807, 2.05) is 26.0 Å². The number of anilines is 1. The van der Waals surface area contributed by atoms with Gasteiger partial charge in [-0.2, -0.15) is 0 Å². The van der Waals surface area contributed by atoms with E-state index in [-0.39, 0.29) is 18.4 Å². The number of carbonyl (C=O) groups excluding carboxylic acids is 2. The van der Waals surface area contributed by atoms with Crippen LogP contribution in [0.25, 0.3) is 0 Å². The zero-order valence-corrected chi connectivity index (χ0v) is 14.4. The van der Waals surface area contributed by atoms with Gasteiger partial charge >= 0.3 is 0 Å². The molecule has 25 heavy (non-hydrogen) atoms. The van der Waals surface area contributed by atoms with Crippen LogP contribution in [0.2, 0.25) is 0 Å². The summed E-state index contributed by atoms with van der Waals surface area (Å²) in [6.45, 7) is 4.06. The molecule has 2 aromatic carbocycles. The first kappa shape index (κ1) is 18.4. The fourth-order valence-electron chi connectivity index (χ4n) is 2.23. The van der Waals surface area contributed by atoms with E-state index >= 15 is 0 Å². The number of aliphatic hydroxyl groups is 1.